The van der Waals surface area contributed by atoms with Gasteiger partial charge in [-0.05, 0) is 29.8 Å². The van der Waals surface area contributed by atoms with E-state index in [-0.39, 0.29) is 12.4 Å². The highest BCUT2D eigenvalue weighted by Gasteiger charge is 2.15. The number of rotatable bonds is 2. The van der Waals surface area contributed by atoms with Gasteiger partial charge in [0.05, 0.1) is 23.6 Å². The van der Waals surface area contributed by atoms with Crippen LogP contribution in [0.3, 0.4) is 0 Å². The molecule has 5 rings (SSSR count). The van der Waals surface area contributed by atoms with Gasteiger partial charge < -0.3 is 5.32 Å². The monoisotopic (exact) mass is 352 g/mol. The predicted molar refractivity (Wildman–Crippen MR) is 98.2 cm³/mol. The van der Waals surface area contributed by atoms with Gasteiger partial charge in [-0.15, -0.1) is 12.4 Å². The smallest absolute Gasteiger partial charge is 0.163 e. The lowest BCUT2D eigenvalue weighted by atomic mass is 10.1. The van der Waals surface area contributed by atoms with E-state index in [0.717, 1.165) is 42.2 Å². The number of imidazole rings is 1. The summed E-state index contributed by atoms with van der Waals surface area (Å²) >= 11 is 0. The second-order valence-corrected chi connectivity index (χ2v) is 5.93. The largest absolute Gasteiger partial charge is 0.312 e. The van der Waals surface area contributed by atoms with Crippen molar-refractivity contribution in [2.75, 3.05) is 6.54 Å². The van der Waals surface area contributed by atoms with Crippen LogP contribution in [-0.2, 0) is 13.0 Å². The molecule has 4 aromatic heterocycles. The first-order chi connectivity index (χ1) is 11.9. The number of fused-ring (bicyclic) bond motifs is 2. The zero-order chi connectivity index (χ0) is 15.9. The van der Waals surface area contributed by atoms with Gasteiger partial charge >= 0.3 is 0 Å². The van der Waals surface area contributed by atoms with Crippen molar-refractivity contribution in [2.45, 2.75) is 13.0 Å². The van der Waals surface area contributed by atoms with Gasteiger partial charge in [-0.25, -0.2) is 9.50 Å². The second kappa shape index (κ2) is 6.31. The summed E-state index contributed by atoms with van der Waals surface area (Å²) in [6.45, 7) is 1.87. The zero-order valence-electron chi connectivity index (χ0n) is 13.5. The SMILES string of the molecule is Cl.c1cc(-c2nccn2-c2cnc3c(c2)CNCC3)n2nccc2c1. The van der Waals surface area contributed by atoms with E-state index in [4.69, 9.17) is 0 Å². The molecule has 7 heteroatoms. The molecule has 0 aliphatic carbocycles. The highest BCUT2D eigenvalue weighted by Crippen LogP contribution is 2.23. The Labute approximate surface area is 151 Å². The van der Waals surface area contributed by atoms with Crippen molar-refractivity contribution in [3.05, 3.63) is 66.4 Å². The molecule has 25 heavy (non-hydrogen) atoms. The molecule has 5 heterocycles. The average Bonchev–Trinajstić information content (AvgIpc) is 3.30. The summed E-state index contributed by atoms with van der Waals surface area (Å²) in [7, 11) is 0. The molecular formula is C18H17ClN6. The summed E-state index contributed by atoms with van der Waals surface area (Å²) in [5.41, 5.74) is 5.48. The van der Waals surface area contributed by atoms with Crippen LogP contribution in [0.1, 0.15) is 11.3 Å². The van der Waals surface area contributed by atoms with Crippen LogP contribution in [0, 0.1) is 0 Å². The minimum absolute atomic E-state index is 0. The summed E-state index contributed by atoms with van der Waals surface area (Å²) in [6.07, 6.45) is 8.50. The quantitative estimate of drug-likeness (QED) is 0.602. The van der Waals surface area contributed by atoms with E-state index in [9.17, 15) is 0 Å². The van der Waals surface area contributed by atoms with Crippen molar-refractivity contribution >= 4 is 17.9 Å². The number of pyridine rings is 2. The molecule has 126 valence electrons. The highest BCUT2D eigenvalue weighted by molar-refractivity contribution is 5.85. The molecule has 0 saturated carbocycles. The van der Waals surface area contributed by atoms with Crippen LogP contribution in [0.4, 0.5) is 0 Å². The lowest BCUT2D eigenvalue weighted by Gasteiger charge is -2.17. The van der Waals surface area contributed by atoms with Gasteiger partial charge in [-0.3, -0.25) is 9.55 Å². The van der Waals surface area contributed by atoms with Gasteiger partial charge in [0.2, 0.25) is 0 Å². The summed E-state index contributed by atoms with van der Waals surface area (Å²) < 4.78 is 3.98. The maximum absolute atomic E-state index is 4.65. The lowest BCUT2D eigenvalue weighted by molar-refractivity contribution is 0.629. The van der Waals surface area contributed by atoms with Crippen LogP contribution in [0.15, 0.2) is 55.1 Å². The minimum atomic E-state index is 0. The molecule has 0 radical (unpaired) electrons. The van der Waals surface area contributed by atoms with Crippen molar-refractivity contribution in [3.63, 3.8) is 0 Å². The van der Waals surface area contributed by atoms with Crippen molar-refractivity contribution < 1.29 is 0 Å². The summed E-state index contributed by atoms with van der Waals surface area (Å²) in [6, 6.07) is 10.3. The molecule has 0 saturated heterocycles. The molecule has 0 unspecified atom stereocenters. The number of halogens is 1. The maximum Gasteiger partial charge on any atom is 0.163 e. The third-order valence-electron chi connectivity index (χ3n) is 4.47. The van der Waals surface area contributed by atoms with Crippen LogP contribution >= 0.6 is 12.4 Å². The fourth-order valence-corrected chi connectivity index (χ4v) is 3.29. The first-order valence-corrected chi connectivity index (χ1v) is 8.05. The van der Waals surface area contributed by atoms with E-state index < -0.39 is 0 Å². The van der Waals surface area contributed by atoms with E-state index in [2.05, 4.69) is 31.0 Å². The Morgan fingerprint density at radius 2 is 2.04 bits per heavy atom. The molecule has 0 bridgehead atoms. The molecule has 0 amide bonds. The molecule has 0 spiro atoms. The van der Waals surface area contributed by atoms with Crippen LogP contribution in [0.5, 0.6) is 0 Å². The third kappa shape index (κ3) is 2.59. The number of hydrogen-bond donors (Lipinski definition) is 1. The second-order valence-electron chi connectivity index (χ2n) is 5.93. The number of aromatic nitrogens is 5. The molecule has 1 N–H and O–H groups in total. The summed E-state index contributed by atoms with van der Waals surface area (Å²) in [5.74, 6) is 0.856. The summed E-state index contributed by atoms with van der Waals surface area (Å²) in [4.78, 5) is 9.21. The third-order valence-corrected chi connectivity index (χ3v) is 4.47. The topological polar surface area (TPSA) is 60.0 Å². The first-order valence-electron chi connectivity index (χ1n) is 8.05. The van der Waals surface area contributed by atoms with Gasteiger partial charge in [0.25, 0.3) is 0 Å². The van der Waals surface area contributed by atoms with Crippen LogP contribution in [0.25, 0.3) is 22.7 Å². The Morgan fingerprint density at radius 3 is 3.00 bits per heavy atom. The van der Waals surface area contributed by atoms with Gasteiger partial charge in [0, 0.05) is 37.6 Å². The van der Waals surface area contributed by atoms with E-state index in [1.54, 1.807) is 6.20 Å². The number of nitrogens with zero attached hydrogens (tertiary/aromatic N) is 5. The Balaban J connectivity index is 0.00000157. The Kier molecular flexibility index (Phi) is 3.99. The van der Waals surface area contributed by atoms with Gasteiger partial charge in [0.1, 0.15) is 5.69 Å². The number of nitrogens with one attached hydrogen (secondary N) is 1. The molecular weight excluding hydrogens is 336 g/mol. The molecule has 1 aliphatic rings. The lowest BCUT2D eigenvalue weighted by Crippen LogP contribution is -2.24. The first kappa shape index (κ1) is 15.8. The van der Waals surface area contributed by atoms with Crippen molar-refractivity contribution in [1.82, 2.24) is 29.5 Å². The van der Waals surface area contributed by atoms with E-state index in [1.807, 2.05) is 47.4 Å². The van der Waals surface area contributed by atoms with Crippen molar-refractivity contribution in [2.24, 2.45) is 0 Å². The van der Waals surface area contributed by atoms with Gasteiger partial charge in [-0.2, -0.15) is 5.10 Å². The van der Waals surface area contributed by atoms with Crippen molar-refractivity contribution in [1.29, 1.82) is 0 Å². The number of hydrogen-bond acceptors (Lipinski definition) is 4. The molecule has 0 aromatic carbocycles. The summed E-state index contributed by atoms with van der Waals surface area (Å²) in [5, 5.41) is 7.82. The Hall–Kier alpha value is -2.70. The molecule has 1 aliphatic heterocycles. The van der Waals surface area contributed by atoms with Crippen LogP contribution in [0.2, 0.25) is 0 Å². The van der Waals surface area contributed by atoms with Crippen LogP contribution in [-0.4, -0.2) is 30.7 Å². The molecule has 0 fully saturated rings. The molecule has 4 aromatic rings. The molecule has 6 nitrogen and oxygen atoms in total. The Bertz CT molecular complexity index is 1030. The highest BCUT2D eigenvalue weighted by atomic mass is 35.5. The normalized spacial score (nSPS) is 13.4. The zero-order valence-corrected chi connectivity index (χ0v) is 14.3. The minimum Gasteiger partial charge on any atom is -0.312 e. The van der Waals surface area contributed by atoms with Crippen molar-refractivity contribution in [3.8, 4) is 17.2 Å². The fraction of sp³-hybridized carbons (Fsp3) is 0.167. The van der Waals surface area contributed by atoms with E-state index in [0.29, 0.717) is 0 Å². The van der Waals surface area contributed by atoms with E-state index >= 15 is 0 Å². The van der Waals surface area contributed by atoms with Crippen LogP contribution < -0.4 is 5.32 Å². The Morgan fingerprint density at radius 1 is 1.08 bits per heavy atom. The predicted octanol–water partition coefficient (Wildman–Crippen LogP) is 2.65. The average molecular weight is 353 g/mol. The van der Waals surface area contributed by atoms with E-state index in [1.165, 1.54) is 11.3 Å². The van der Waals surface area contributed by atoms with Gasteiger partial charge in [0.15, 0.2) is 5.82 Å². The molecule has 0 atom stereocenters. The standard InChI is InChI=1S/C18H16N6.ClH/c1-2-14-4-7-22-24(14)17(3-1)18-20-8-9-23(18)15-10-13-11-19-6-5-16(13)21-12-15;/h1-4,7-10,12,19H,5-6,11H2;1H. The maximum atomic E-state index is 4.65. The fourth-order valence-electron chi connectivity index (χ4n) is 3.29. The van der Waals surface area contributed by atoms with Gasteiger partial charge in [-0.1, -0.05) is 6.07 Å².